The van der Waals surface area contributed by atoms with E-state index >= 15 is 35.1 Å². The van der Waals surface area contributed by atoms with Gasteiger partial charge in [-0.05, 0) is 52.4 Å². The van der Waals surface area contributed by atoms with Gasteiger partial charge in [-0.3, -0.25) is 4.98 Å². The molecule has 0 radical (unpaired) electrons. The highest BCUT2D eigenvalue weighted by Gasteiger charge is 2.52. The Morgan fingerprint density at radius 2 is 0.671 bits per heavy atom. The van der Waals surface area contributed by atoms with Crippen molar-refractivity contribution in [1.29, 1.82) is 0 Å². The van der Waals surface area contributed by atoms with Crippen LogP contribution in [0.15, 0.2) is 104 Å². The summed E-state index contributed by atoms with van der Waals surface area (Å²) < 4.78 is 296. The van der Waals surface area contributed by atoms with Crippen molar-refractivity contribution in [2.75, 3.05) is 0 Å². The molecule has 0 aliphatic heterocycles. The maximum Gasteiger partial charge on any atom is 0.200 e. The smallest absolute Gasteiger partial charge is 0.200 e. The summed E-state index contributed by atoms with van der Waals surface area (Å²) in [6.07, 6.45) is 3.25. The summed E-state index contributed by atoms with van der Waals surface area (Å²) in [5.41, 5.74) is -10.2. The highest BCUT2D eigenvalue weighted by Crippen LogP contribution is 2.32. The summed E-state index contributed by atoms with van der Waals surface area (Å²) in [5, 5.41) is 5.46. The van der Waals surface area contributed by atoms with E-state index in [-0.39, 0.29) is 0 Å². The Hall–Kier alpha value is -7.98. The summed E-state index contributed by atoms with van der Waals surface area (Å²) >= 11 is 0. The lowest BCUT2D eigenvalue weighted by Gasteiger charge is -2.44. The Labute approximate surface area is 415 Å². The number of hydrogen-bond acceptors (Lipinski definition) is 1. The van der Waals surface area contributed by atoms with Crippen LogP contribution in [-0.2, 0) is 19.4 Å². The van der Waals surface area contributed by atoms with Gasteiger partial charge in [0.1, 0.15) is 52.7 Å². The molecule has 0 aliphatic rings. The zero-order valence-electron chi connectivity index (χ0n) is 37.9. The van der Waals surface area contributed by atoms with Crippen LogP contribution >= 0.6 is 0 Å². The Kier molecular flexibility index (Phi) is 15.2. The third-order valence-corrected chi connectivity index (χ3v) is 12.8. The Bertz CT molecular complexity index is 3330. The SMILES string of the molecule is Fc1c(F)c(F)c([B-](c2c(F)c(F)c(F)c(F)c2F)(c2c(F)c(F)c(F)c(F)c2F)c2c(F)c(F)c(F)c(F)c2F)c(F)c1F.c1ccc(C[n+]2ccncc2CCCCc2c3ccccc3cc3ccccc23)cc1. The molecule has 0 saturated carbocycles. The van der Waals surface area contributed by atoms with E-state index in [1.165, 1.54) is 38.4 Å². The van der Waals surface area contributed by atoms with Crippen molar-refractivity contribution in [2.24, 2.45) is 0 Å². The molecule has 1 heterocycles. The van der Waals surface area contributed by atoms with Crippen LogP contribution in [-0.4, -0.2) is 11.1 Å². The van der Waals surface area contributed by atoms with Crippen LogP contribution in [0.25, 0.3) is 21.5 Å². The molecule has 8 aromatic carbocycles. The van der Waals surface area contributed by atoms with Gasteiger partial charge < -0.3 is 0 Å². The fourth-order valence-electron chi connectivity index (χ4n) is 9.42. The van der Waals surface area contributed by atoms with E-state index in [0.29, 0.717) is 0 Å². The van der Waals surface area contributed by atoms with Crippen LogP contribution in [0.2, 0.25) is 0 Å². The second kappa shape index (κ2) is 21.3. The molecule has 0 spiro atoms. The standard InChI is InChI=1S/C29H27N2.C24BF20/c1-2-10-23(11-3-1)22-31-19-18-30-21-26(31)14-6-9-17-29-27-15-7-4-12-24(27)20-25-13-5-8-16-28(25)29;26-5-1(6(27)14(35)21(42)13(5)34)25(2-7(28)15(36)22(43)16(37)8(2)29,3-9(30)17(38)23(44)18(39)10(3)31)4-11(32)19(40)24(45)20(41)12(4)33/h1-5,7-8,10-13,15-16,18-21H,6,9,14,17,22H2;/q+1;-1. The first-order valence-corrected chi connectivity index (χ1v) is 22.1. The molecule has 0 atom stereocenters. The molecule has 9 rings (SSSR count). The lowest BCUT2D eigenvalue weighted by Crippen LogP contribution is -2.81. The molecule has 1 aromatic heterocycles. The lowest BCUT2D eigenvalue weighted by atomic mass is 9.12. The maximum absolute atomic E-state index is 15.4. The zero-order chi connectivity index (χ0) is 55.2. The molecule has 0 saturated heterocycles. The summed E-state index contributed by atoms with van der Waals surface area (Å²) in [6, 6.07) is 30.5. The van der Waals surface area contributed by atoms with E-state index in [9.17, 15) is 52.7 Å². The molecular weight excluding hydrogens is 1060 g/mol. The summed E-state index contributed by atoms with van der Waals surface area (Å²) in [7, 11) is 0. The Morgan fingerprint density at radius 3 is 1.04 bits per heavy atom. The minimum atomic E-state index is -7.22. The van der Waals surface area contributed by atoms with Crippen molar-refractivity contribution in [2.45, 2.75) is 32.2 Å². The van der Waals surface area contributed by atoms with Gasteiger partial charge in [0.25, 0.3) is 0 Å². The number of unbranched alkanes of at least 4 members (excludes halogenated alkanes) is 1. The third kappa shape index (κ3) is 9.01. The van der Waals surface area contributed by atoms with Crippen LogP contribution in [0.5, 0.6) is 0 Å². The molecule has 76 heavy (non-hydrogen) atoms. The molecule has 9 aromatic rings. The van der Waals surface area contributed by atoms with Gasteiger partial charge in [0.15, 0.2) is 88.2 Å². The second-order valence-corrected chi connectivity index (χ2v) is 17.0. The summed E-state index contributed by atoms with van der Waals surface area (Å²) in [4.78, 5) is 4.38. The number of benzene rings is 8. The van der Waals surface area contributed by atoms with E-state index in [2.05, 4.69) is 101 Å². The molecule has 0 unspecified atom stereocenters. The average molecular weight is 1080 g/mol. The number of hydrogen-bond donors (Lipinski definition) is 0. The normalized spacial score (nSPS) is 11.7. The molecule has 0 fully saturated rings. The van der Waals surface area contributed by atoms with Gasteiger partial charge in [0.2, 0.25) is 0 Å². The van der Waals surface area contributed by atoms with Crippen LogP contribution in [0.3, 0.4) is 0 Å². The number of aryl methyl sites for hydroxylation is 2. The van der Waals surface area contributed by atoms with Gasteiger partial charge in [0.05, 0.1) is 12.4 Å². The fraction of sp³-hybridized carbons (Fsp3) is 0.0943. The molecule has 23 heteroatoms. The number of aromatic nitrogens is 2. The van der Waals surface area contributed by atoms with Gasteiger partial charge in [-0.25, -0.2) is 87.8 Å². The molecular formula is C53H27BF20N2. The van der Waals surface area contributed by atoms with Gasteiger partial charge >= 0.3 is 0 Å². The van der Waals surface area contributed by atoms with Crippen LogP contribution in [0.1, 0.15) is 29.7 Å². The van der Waals surface area contributed by atoms with Crippen molar-refractivity contribution >= 4 is 49.5 Å². The van der Waals surface area contributed by atoms with Gasteiger partial charge in [-0.15, -0.1) is 21.9 Å². The van der Waals surface area contributed by atoms with Gasteiger partial charge in [-0.1, -0.05) is 78.9 Å². The van der Waals surface area contributed by atoms with E-state index in [0.717, 1.165) is 32.2 Å². The molecule has 0 N–H and O–H groups in total. The first kappa shape index (κ1) is 54.3. The van der Waals surface area contributed by atoms with Crippen molar-refractivity contribution in [3.05, 3.63) is 237 Å². The fourth-order valence-corrected chi connectivity index (χ4v) is 9.42. The number of nitrogens with zero attached hydrogens (tertiary/aromatic N) is 2. The van der Waals surface area contributed by atoms with Crippen molar-refractivity contribution in [3.63, 3.8) is 0 Å². The van der Waals surface area contributed by atoms with Crippen molar-refractivity contribution in [3.8, 4) is 0 Å². The minimum Gasteiger partial charge on any atom is -0.252 e. The first-order chi connectivity index (χ1) is 36.1. The topological polar surface area (TPSA) is 16.8 Å². The molecule has 392 valence electrons. The number of fused-ring (bicyclic) bond motifs is 2. The summed E-state index contributed by atoms with van der Waals surface area (Å²) in [6.45, 7) is 0.895. The van der Waals surface area contributed by atoms with E-state index in [1.807, 2.05) is 12.4 Å². The van der Waals surface area contributed by atoms with Crippen molar-refractivity contribution in [1.82, 2.24) is 4.98 Å². The van der Waals surface area contributed by atoms with E-state index < -0.39 is 144 Å². The largest absolute Gasteiger partial charge is 0.252 e. The first-order valence-electron chi connectivity index (χ1n) is 22.1. The maximum atomic E-state index is 15.4. The molecule has 0 aliphatic carbocycles. The second-order valence-electron chi connectivity index (χ2n) is 17.0. The third-order valence-electron chi connectivity index (χ3n) is 12.8. The highest BCUT2D eigenvalue weighted by atomic mass is 19.2. The van der Waals surface area contributed by atoms with Crippen molar-refractivity contribution < 1.29 is 92.4 Å². The van der Waals surface area contributed by atoms with Crippen LogP contribution in [0, 0.1) is 116 Å². The molecule has 0 bridgehead atoms. The lowest BCUT2D eigenvalue weighted by molar-refractivity contribution is -0.696. The average Bonchev–Trinajstić information content (AvgIpc) is 3.43. The van der Waals surface area contributed by atoms with Gasteiger partial charge in [0, 0.05) is 12.0 Å². The minimum absolute atomic E-state index is 0.895. The van der Waals surface area contributed by atoms with Crippen LogP contribution < -0.4 is 26.4 Å². The van der Waals surface area contributed by atoms with E-state index in [4.69, 9.17) is 0 Å². The predicted molar refractivity (Wildman–Crippen MR) is 237 cm³/mol. The zero-order valence-corrected chi connectivity index (χ0v) is 37.9. The van der Waals surface area contributed by atoms with E-state index in [1.54, 1.807) is 0 Å². The molecule has 2 nitrogen and oxygen atoms in total. The summed E-state index contributed by atoms with van der Waals surface area (Å²) in [5.74, 6) is -71.4. The van der Waals surface area contributed by atoms with Gasteiger partial charge in [-0.2, -0.15) is 4.57 Å². The molecule has 0 amide bonds. The predicted octanol–water partition coefficient (Wildman–Crippen LogP) is 12.1. The Morgan fingerprint density at radius 1 is 0.355 bits per heavy atom. The van der Waals surface area contributed by atoms with Crippen LogP contribution in [0.4, 0.5) is 87.8 Å². The Balaban J connectivity index is 0.000000215. The quantitative estimate of drug-likeness (QED) is 0.0240. The monoisotopic (exact) mass is 1080 g/mol. The number of rotatable bonds is 11. The highest BCUT2D eigenvalue weighted by molar-refractivity contribution is 7.20. The number of halogens is 20.